The third-order valence-corrected chi connectivity index (χ3v) is 6.10. The van der Waals surface area contributed by atoms with Crippen LogP contribution in [-0.4, -0.2) is 15.0 Å². The Hall–Kier alpha value is -5.26. The molecule has 0 aliphatic rings. The first-order chi connectivity index (χ1) is 17.2. The van der Waals surface area contributed by atoms with E-state index in [-0.39, 0.29) is 0 Å². The molecular weight excluding hydrogens is 430 g/mol. The first-order valence-corrected chi connectivity index (χ1v) is 11.1. The summed E-state index contributed by atoms with van der Waals surface area (Å²) in [6, 6.07) is 31.4. The van der Waals surface area contributed by atoms with E-state index >= 15 is 0 Å². The van der Waals surface area contributed by atoms with Crippen LogP contribution in [0.5, 0.6) is 0 Å². The number of fused-ring (bicyclic) bond motifs is 3. The SMILES string of the molecule is [C-]#[N+]c1cc(-c2cccc(-c3ccccc3)n2)c2[nH]c3c(-c4ccccn4)cc(C#N)cc3c2c1. The van der Waals surface area contributed by atoms with Crippen molar-refractivity contribution in [3.8, 4) is 39.8 Å². The summed E-state index contributed by atoms with van der Waals surface area (Å²) in [5.74, 6) is 0. The van der Waals surface area contributed by atoms with Crippen molar-refractivity contribution in [3.63, 3.8) is 0 Å². The molecule has 0 saturated heterocycles. The van der Waals surface area contributed by atoms with Gasteiger partial charge in [-0.1, -0.05) is 42.5 Å². The lowest BCUT2D eigenvalue weighted by atomic mass is 10.0. The number of nitrogens with one attached hydrogen (secondary N) is 1. The van der Waals surface area contributed by atoms with E-state index in [0.29, 0.717) is 11.3 Å². The fourth-order valence-corrected chi connectivity index (χ4v) is 4.50. The molecule has 162 valence electrons. The average molecular weight is 448 g/mol. The summed E-state index contributed by atoms with van der Waals surface area (Å²) in [5, 5.41) is 11.5. The van der Waals surface area contributed by atoms with E-state index in [4.69, 9.17) is 11.6 Å². The normalized spacial score (nSPS) is 10.8. The largest absolute Gasteiger partial charge is 0.353 e. The van der Waals surface area contributed by atoms with Gasteiger partial charge in [0.25, 0.3) is 0 Å². The molecule has 5 nitrogen and oxygen atoms in total. The molecule has 0 spiro atoms. The topological polar surface area (TPSA) is 69.7 Å². The maximum absolute atomic E-state index is 9.71. The minimum Gasteiger partial charge on any atom is -0.353 e. The van der Waals surface area contributed by atoms with Gasteiger partial charge >= 0.3 is 0 Å². The van der Waals surface area contributed by atoms with Gasteiger partial charge in [0, 0.05) is 28.3 Å². The van der Waals surface area contributed by atoms with Crippen LogP contribution in [0.4, 0.5) is 5.69 Å². The van der Waals surface area contributed by atoms with Crippen molar-refractivity contribution in [3.05, 3.63) is 114 Å². The smallest absolute Gasteiger partial charge is 0.188 e. The van der Waals surface area contributed by atoms with Gasteiger partial charge in [0.2, 0.25) is 0 Å². The van der Waals surface area contributed by atoms with E-state index in [1.54, 1.807) is 6.20 Å². The molecule has 0 unspecified atom stereocenters. The van der Waals surface area contributed by atoms with E-state index in [2.05, 4.69) is 20.9 Å². The van der Waals surface area contributed by atoms with Crippen LogP contribution in [0.25, 0.3) is 60.4 Å². The minimum atomic E-state index is 0.516. The van der Waals surface area contributed by atoms with Gasteiger partial charge in [-0.15, -0.1) is 0 Å². The number of rotatable bonds is 3. The van der Waals surface area contributed by atoms with Gasteiger partial charge < -0.3 is 4.98 Å². The number of aromatic amines is 1. The van der Waals surface area contributed by atoms with Crippen LogP contribution in [0.3, 0.4) is 0 Å². The molecule has 35 heavy (non-hydrogen) atoms. The van der Waals surface area contributed by atoms with E-state index < -0.39 is 0 Å². The Kier molecular flexibility index (Phi) is 4.80. The van der Waals surface area contributed by atoms with Gasteiger partial charge in [-0.2, -0.15) is 5.26 Å². The summed E-state index contributed by atoms with van der Waals surface area (Å²) < 4.78 is 0. The van der Waals surface area contributed by atoms with Crippen LogP contribution in [0, 0.1) is 17.9 Å². The molecule has 6 rings (SSSR count). The molecular formula is C30H17N5. The average Bonchev–Trinajstić information content (AvgIpc) is 3.31. The van der Waals surface area contributed by atoms with Gasteiger partial charge in [0.15, 0.2) is 5.69 Å². The standard InChI is InChI=1S/C30H17N5/c1-32-21-16-23-22-14-19(18-31)15-24(27-10-5-6-13-33-27)29(22)35-30(23)25(17-21)28-12-7-11-26(34-28)20-8-3-2-4-9-20/h2-17,35H. The number of aromatic nitrogens is 3. The highest BCUT2D eigenvalue weighted by atomic mass is 14.8. The lowest BCUT2D eigenvalue weighted by molar-refractivity contribution is 1.32. The van der Waals surface area contributed by atoms with Gasteiger partial charge in [-0.05, 0) is 53.9 Å². The van der Waals surface area contributed by atoms with Gasteiger partial charge in [-0.3, -0.25) is 4.98 Å². The van der Waals surface area contributed by atoms with Crippen LogP contribution in [-0.2, 0) is 0 Å². The number of benzene rings is 3. The van der Waals surface area contributed by atoms with E-state index in [1.807, 2.05) is 91.0 Å². The molecule has 0 aliphatic heterocycles. The Morgan fingerprint density at radius 2 is 1.46 bits per heavy atom. The van der Waals surface area contributed by atoms with Crippen molar-refractivity contribution in [2.24, 2.45) is 0 Å². The Balaban J connectivity index is 1.67. The number of nitrogens with zero attached hydrogens (tertiary/aromatic N) is 4. The minimum absolute atomic E-state index is 0.516. The quantitative estimate of drug-likeness (QED) is 0.285. The van der Waals surface area contributed by atoms with Crippen LogP contribution in [0.1, 0.15) is 5.56 Å². The van der Waals surface area contributed by atoms with Crippen molar-refractivity contribution in [2.45, 2.75) is 0 Å². The Bertz CT molecular complexity index is 1800. The first-order valence-electron chi connectivity index (χ1n) is 11.1. The molecule has 1 N–H and O–H groups in total. The van der Waals surface area contributed by atoms with Gasteiger partial charge in [0.05, 0.1) is 46.3 Å². The van der Waals surface area contributed by atoms with Crippen LogP contribution >= 0.6 is 0 Å². The second kappa shape index (κ2) is 8.26. The second-order valence-electron chi connectivity index (χ2n) is 8.20. The molecule has 0 radical (unpaired) electrons. The van der Waals surface area contributed by atoms with Gasteiger partial charge in [-0.25, -0.2) is 9.83 Å². The molecule has 0 aliphatic carbocycles. The number of hydrogen-bond donors (Lipinski definition) is 1. The first kappa shape index (κ1) is 20.4. The summed E-state index contributed by atoms with van der Waals surface area (Å²) in [6.07, 6.45) is 1.74. The third kappa shape index (κ3) is 3.49. The predicted octanol–water partition coefficient (Wildman–Crippen LogP) is 7.53. The van der Waals surface area contributed by atoms with Crippen molar-refractivity contribution >= 4 is 27.5 Å². The molecule has 6 aromatic rings. The van der Waals surface area contributed by atoms with E-state index in [0.717, 1.165) is 55.6 Å². The van der Waals surface area contributed by atoms with Crippen LogP contribution in [0.15, 0.2) is 97.2 Å². The lowest BCUT2D eigenvalue weighted by Crippen LogP contribution is -1.89. The summed E-state index contributed by atoms with van der Waals surface area (Å²) >= 11 is 0. The van der Waals surface area contributed by atoms with Crippen LogP contribution < -0.4 is 0 Å². The Labute approximate surface area is 201 Å². The highest BCUT2D eigenvalue weighted by Gasteiger charge is 2.17. The van der Waals surface area contributed by atoms with Crippen molar-refractivity contribution in [1.82, 2.24) is 15.0 Å². The molecule has 0 saturated carbocycles. The fraction of sp³-hybridized carbons (Fsp3) is 0. The molecule has 3 aromatic heterocycles. The maximum atomic E-state index is 9.71. The summed E-state index contributed by atoms with van der Waals surface area (Å²) in [7, 11) is 0. The number of hydrogen-bond acceptors (Lipinski definition) is 3. The lowest BCUT2D eigenvalue weighted by Gasteiger charge is -2.07. The van der Waals surface area contributed by atoms with E-state index in [9.17, 15) is 5.26 Å². The number of pyridine rings is 2. The van der Waals surface area contributed by atoms with Crippen LogP contribution in [0.2, 0.25) is 0 Å². The van der Waals surface area contributed by atoms with Crippen molar-refractivity contribution in [1.29, 1.82) is 5.26 Å². The maximum Gasteiger partial charge on any atom is 0.188 e. The highest BCUT2D eigenvalue weighted by Crippen LogP contribution is 2.40. The second-order valence-corrected chi connectivity index (χ2v) is 8.20. The van der Waals surface area contributed by atoms with Gasteiger partial charge in [0.1, 0.15) is 0 Å². The Morgan fingerprint density at radius 3 is 2.20 bits per heavy atom. The Morgan fingerprint density at radius 1 is 0.743 bits per heavy atom. The predicted molar refractivity (Wildman–Crippen MR) is 139 cm³/mol. The zero-order valence-corrected chi connectivity index (χ0v) is 18.5. The molecule has 5 heteroatoms. The molecule has 3 aromatic carbocycles. The molecule has 0 bridgehead atoms. The van der Waals surface area contributed by atoms with E-state index in [1.165, 1.54) is 0 Å². The zero-order valence-electron chi connectivity index (χ0n) is 18.5. The molecule has 0 fully saturated rings. The zero-order chi connectivity index (χ0) is 23.8. The number of nitriles is 1. The summed E-state index contributed by atoms with van der Waals surface area (Å²) in [4.78, 5) is 16.8. The van der Waals surface area contributed by atoms with Crippen molar-refractivity contribution < 1.29 is 0 Å². The summed E-state index contributed by atoms with van der Waals surface area (Å²) in [6.45, 7) is 7.70. The molecule has 0 atom stereocenters. The third-order valence-electron chi connectivity index (χ3n) is 6.10. The molecule has 0 amide bonds. The highest BCUT2D eigenvalue weighted by molar-refractivity contribution is 6.16. The molecule has 3 heterocycles. The van der Waals surface area contributed by atoms with Crippen molar-refractivity contribution in [2.75, 3.05) is 0 Å². The fourth-order valence-electron chi connectivity index (χ4n) is 4.50. The summed E-state index contributed by atoms with van der Waals surface area (Å²) in [5.41, 5.74) is 7.93. The number of H-pyrrole nitrogens is 1. The monoisotopic (exact) mass is 447 g/mol.